The molecular formula is C54H90O25. The number of ether oxygens (including phenoxy) is 8. The number of hydrogen-bond donors (Lipinski definition) is 17. The first kappa shape index (κ1) is 62.3. The molecule has 9 aliphatic rings. The number of aliphatic hydroxyl groups excluding tert-OH is 17. The van der Waals surface area contributed by atoms with Crippen molar-refractivity contribution >= 4 is 0 Å². The smallest absolute Gasteiger partial charge is 0.187 e. The molecule has 32 unspecified atom stereocenters. The summed E-state index contributed by atoms with van der Waals surface area (Å²) in [6.45, 7) is 10.7. The highest BCUT2D eigenvalue weighted by Gasteiger charge is 2.73. The third-order valence-corrected chi connectivity index (χ3v) is 21.9. The van der Waals surface area contributed by atoms with Crippen molar-refractivity contribution < 1.29 is 125 Å². The average molecular weight is 1140 g/mol. The van der Waals surface area contributed by atoms with E-state index in [4.69, 9.17) is 37.9 Å². The predicted octanol–water partition coefficient (Wildman–Crippen LogP) is -4.65. The molecule has 0 spiro atoms. The van der Waals surface area contributed by atoms with Gasteiger partial charge in [0, 0.05) is 5.41 Å². The van der Waals surface area contributed by atoms with Crippen LogP contribution in [0, 0.1) is 50.2 Å². The van der Waals surface area contributed by atoms with E-state index >= 15 is 0 Å². The molecule has 32 atom stereocenters. The van der Waals surface area contributed by atoms with Crippen LogP contribution in [0.1, 0.15) is 93.4 Å². The van der Waals surface area contributed by atoms with Gasteiger partial charge in [0.05, 0.1) is 69.0 Å². The fourth-order valence-electron chi connectivity index (χ4n) is 16.7. The molecule has 79 heavy (non-hydrogen) atoms. The Morgan fingerprint density at radius 3 is 1.54 bits per heavy atom. The molecule has 0 aromatic heterocycles. The second-order valence-corrected chi connectivity index (χ2v) is 26.4. The third-order valence-electron chi connectivity index (χ3n) is 21.9. The fourth-order valence-corrected chi connectivity index (χ4v) is 16.7. The van der Waals surface area contributed by atoms with Crippen LogP contribution in [-0.2, 0) is 37.9 Å². The Labute approximate surface area is 459 Å². The molecule has 4 saturated heterocycles. The summed E-state index contributed by atoms with van der Waals surface area (Å²) in [5.41, 5.74) is -4.35. The van der Waals surface area contributed by atoms with E-state index in [9.17, 15) is 86.8 Å². The van der Waals surface area contributed by atoms with E-state index in [0.717, 1.165) is 5.57 Å². The molecule has 4 aliphatic heterocycles. The van der Waals surface area contributed by atoms with Gasteiger partial charge in [0.1, 0.15) is 91.6 Å². The van der Waals surface area contributed by atoms with Crippen LogP contribution in [0.5, 0.6) is 0 Å². The summed E-state index contributed by atoms with van der Waals surface area (Å²) in [6.07, 6.45) is -32.5. The maximum Gasteiger partial charge on any atom is 0.187 e. The highest BCUT2D eigenvalue weighted by molar-refractivity contribution is 5.36. The zero-order chi connectivity index (χ0) is 58.0. The lowest BCUT2D eigenvalue weighted by atomic mass is 9.33. The summed E-state index contributed by atoms with van der Waals surface area (Å²) in [4.78, 5) is 0. The van der Waals surface area contributed by atoms with Gasteiger partial charge in [-0.15, -0.1) is 0 Å². The Balaban J connectivity index is 0.998. The molecule has 0 bridgehead atoms. The lowest BCUT2D eigenvalue weighted by Crippen LogP contribution is -2.72. The van der Waals surface area contributed by atoms with Crippen molar-refractivity contribution in [3.05, 3.63) is 11.6 Å². The van der Waals surface area contributed by atoms with Gasteiger partial charge in [0.15, 0.2) is 25.2 Å². The van der Waals surface area contributed by atoms with Gasteiger partial charge in [-0.25, -0.2) is 0 Å². The largest absolute Gasteiger partial charge is 0.394 e. The fraction of sp³-hybridized carbons (Fsp3) is 0.963. The standard InChI is InChI=1S/C54H90O25/c1-21-31(60)35(64)39(68)45(74-21)78-41-37(66)33(62)25(17-56)76-47(41)72-19-51(5)27-10-13-52(6)28(50(27,4)12-11-29(51)58)9-8-22-23-14-49(2,3)43(70)44(71)54(23,30(59)15-53(22,52)7)20-73-48-42(38(67)34(63)26(18-57)77-48)79-46-40(69)36(65)32(61)24(16-55)75-46/h8,21,23-48,55-71H,9-20H2,1-7H3. The van der Waals surface area contributed by atoms with E-state index in [1.807, 2.05) is 20.8 Å². The number of rotatable bonds is 13. The van der Waals surface area contributed by atoms with Gasteiger partial charge in [-0.2, -0.15) is 0 Å². The molecule has 4 saturated carbocycles. The minimum Gasteiger partial charge on any atom is -0.394 e. The van der Waals surface area contributed by atoms with Gasteiger partial charge in [0.2, 0.25) is 0 Å². The van der Waals surface area contributed by atoms with Crippen molar-refractivity contribution in [3.8, 4) is 0 Å². The van der Waals surface area contributed by atoms with Gasteiger partial charge in [-0.05, 0) is 91.3 Å². The number of fused-ring (bicyclic) bond motifs is 7. The van der Waals surface area contributed by atoms with Gasteiger partial charge < -0.3 is 125 Å². The molecule has 25 heteroatoms. The van der Waals surface area contributed by atoms with Gasteiger partial charge in [-0.1, -0.05) is 53.2 Å². The third kappa shape index (κ3) is 9.84. The minimum absolute atomic E-state index is 0.0619. The zero-order valence-corrected chi connectivity index (χ0v) is 46.0. The first-order valence-electron chi connectivity index (χ1n) is 28.2. The Morgan fingerprint density at radius 2 is 1.00 bits per heavy atom. The zero-order valence-electron chi connectivity index (χ0n) is 46.0. The van der Waals surface area contributed by atoms with E-state index in [2.05, 4.69) is 26.8 Å². The Morgan fingerprint density at radius 1 is 0.506 bits per heavy atom. The van der Waals surface area contributed by atoms with E-state index < -0.39 is 212 Å². The van der Waals surface area contributed by atoms with Crippen LogP contribution in [0.3, 0.4) is 0 Å². The molecule has 0 aromatic rings. The summed E-state index contributed by atoms with van der Waals surface area (Å²) in [5, 5.41) is 188. The molecule has 0 radical (unpaired) electrons. The summed E-state index contributed by atoms with van der Waals surface area (Å²) in [7, 11) is 0. The van der Waals surface area contributed by atoms with Gasteiger partial charge in [-0.3, -0.25) is 0 Å². The molecule has 4 heterocycles. The average Bonchev–Trinajstić information content (AvgIpc) is 3.52. The SMILES string of the molecule is CC1OC(OC2C(OCC3(C)C(O)CCC4(C)C3CCC3(C)C4CC=C4C5CC(C)(C)C(O)C(O)C5(COC5OC(CO)C(O)C(O)C5OC5OC(CO)C(O)C(O)C5O)C(O)CC43C)OC(CO)C(O)C2O)C(O)C(O)C1O. The van der Waals surface area contributed by atoms with E-state index in [-0.39, 0.29) is 31.3 Å². The van der Waals surface area contributed by atoms with Crippen molar-refractivity contribution in [2.24, 2.45) is 50.2 Å². The molecule has 8 fully saturated rings. The maximum atomic E-state index is 13.0. The summed E-state index contributed by atoms with van der Waals surface area (Å²) >= 11 is 0. The first-order valence-corrected chi connectivity index (χ1v) is 28.2. The monoisotopic (exact) mass is 1140 g/mol. The number of allylic oxidation sites excluding steroid dienone is 2. The lowest BCUT2D eigenvalue weighted by molar-refractivity contribution is -0.374. The van der Waals surface area contributed by atoms with Crippen LogP contribution < -0.4 is 0 Å². The van der Waals surface area contributed by atoms with Crippen molar-refractivity contribution in [2.45, 2.75) is 241 Å². The van der Waals surface area contributed by atoms with E-state index in [1.54, 1.807) is 0 Å². The molecular weight excluding hydrogens is 1050 g/mol. The van der Waals surface area contributed by atoms with Crippen LogP contribution in [0.15, 0.2) is 11.6 Å². The second-order valence-electron chi connectivity index (χ2n) is 26.4. The molecule has 0 amide bonds. The molecule has 456 valence electrons. The topological polar surface area (TPSA) is 418 Å². The first-order chi connectivity index (χ1) is 36.9. The highest BCUT2D eigenvalue weighted by atomic mass is 16.8. The van der Waals surface area contributed by atoms with Crippen molar-refractivity contribution in [1.29, 1.82) is 0 Å². The Bertz CT molecular complexity index is 2140. The van der Waals surface area contributed by atoms with Crippen molar-refractivity contribution in [1.82, 2.24) is 0 Å². The Hall–Kier alpha value is -1.26. The summed E-state index contributed by atoms with van der Waals surface area (Å²) in [5.74, 6) is -0.917. The minimum atomic E-state index is -1.92. The lowest BCUT2D eigenvalue weighted by Gasteiger charge is -2.72. The van der Waals surface area contributed by atoms with Crippen LogP contribution in [0.25, 0.3) is 0 Å². The normalized spacial score (nSPS) is 56.6. The van der Waals surface area contributed by atoms with Crippen LogP contribution in [-0.4, -0.2) is 267 Å². The maximum absolute atomic E-state index is 13.0. The highest BCUT2D eigenvalue weighted by Crippen LogP contribution is 2.76. The number of aliphatic hydroxyl groups is 17. The van der Waals surface area contributed by atoms with Crippen molar-refractivity contribution in [3.63, 3.8) is 0 Å². The van der Waals surface area contributed by atoms with Crippen molar-refractivity contribution in [2.75, 3.05) is 33.0 Å². The quantitative estimate of drug-likeness (QED) is 0.0771. The molecule has 0 aromatic carbocycles. The molecule has 9 rings (SSSR count). The number of hydrogen-bond acceptors (Lipinski definition) is 25. The summed E-state index contributed by atoms with van der Waals surface area (Å²) in [6, 6.07) is 0. The van der Waals surface area contributed by atoms with E-state index in [0.29, 0.717) is 32.1 Å². The van der Waals surface area contributed by atoms with Gasteiger partial charge >= 0.3 is 0 Å². The Kier molecular flexibility index (Phi) is 17.8. The molecule has 25 nitrogen and oxygen atoms in total. The summed E-state index contributed by atoms with van der Waals surface area (Å²) < 4.78 is 48.2. The van der Waals surface area contributed by atoms with Crippen LogP contribution in [0.4, 0.5) is 0 Å². The molecule has 5 aliphatic carbocycles. The predicted molar refractivity (Wildman–Crippen MR) is 267 cm³/mol. The molecule has 17 N–H and O–H groups in total. The van der Waals surface area contributed by atoms with Crippen LogP contribution in [0.2, 0.25) is 0 Å². The second kappa shape index (κ2) is 22.5. The van der Waals surface area contributed by atoms with Gasteiger partial charge in [0.25, 0.3) is 0 Å². The van der Waals surface area contributed by atoms with E-state index in [1.165, 1.54) is 6.92 Å². The van der Waals surface area contributed by atoms with Crippen LogP contribution >= 0.6 is 0 Å².